The summed E-state index contributed by atoms with van der Waals surface area (Å²) < 4.78 is 18.4. The first-order valence-corrected chi connectivity index (χ1v) is 22.3. The molecule has 0 amide bonds. The fourth-order valence-corrected chi connectivity index (χ4v) is 8.06. The number of pyridine rings is 2. The number of rotatable bonds is 12. The molecular weight excluding hydrogens is 859 g/mol. The molecule has 9 heteroatoms. The van der Waals surface area contributed by atoms with Crippen molar-refractivity contribution in [1.29, 1.82) is 0 Å². The maximum atomic E-state index is 14.5. The minimum atomic E-state index is -0.849. The van der Waals surface area contributed by atoms with Gasteiger partial charge in [0.25, 0.3) is 0 Å². The van der Waals surface area contributed by atoms with Gasteiger partial charge in [-0.15, -0.1) is 0 Å². The molecule has 1 aliphatic heterocycles. The molecule has 10 rings (SSSR count). The molecule has 7 aromatic carbocycles. The minimum absolute atomic E-state index is 0.100. The van der Waals surface area contributed by atoms with E-state index in [0.29, 0.717) is 28.1 Å². The summed E-state index contributed by atoms with van der Waals surface area (Å²) in [7, 11) is 0. The Balaban J connectivity index is 1.02. The highest BCUT2D eigenvalue weighted by Crippen LogP contribution is 2.37. The van der Waals surface area contributed by atoms with Crippen molar-refractivity contribution in [1.82, 2.24) is 15.3 Å². The second-order valence-corrected chi connectivity index (χ2v) is 16.1. The Morgan fingerprint density at radius 3 is 1.19 bits per heavy atom. The first-order chi connectivity index (χ1) is 33.9. The molecule has 0 aliphatic carbocycles. The molecule has 0 bridgehead atoms. The fourth-order valence-electron chi connectivity index (χ4n) is 8.06. The number of allylic oxidation sites excluding steroid dienone is 1. The number of hydrogen-bond acceptors (Lipinski definition) is 9. The van der Waals surface area contributed by atoms with E-state index in [1.165, 1.54) is 30.6 Å². The molecule has 1 N–H and O–H groups in total. The molecule has 0 fully saturated rings. The number of aromatic nitrogens is 2. The number of hydrogen-bond donors (Lipinski definition) is 1. The Labute approximate surface area is 398 Å². The highest BCUT2D eigenvalue weighted by molar-refractivity contribution is 6.03. The van der Waals surface area contributed by atoms with Crippen LogP contribution in [0.5, 0.6) is 11.5 Å². The van der Waals surface area contributed by atoms with E-state index < -0.39 is 17.9 Å². The standard InChI is InChI=1S/C60H41N3O6/c64-58(67-55-37-61-52(43-25-13-4-14-26-43)34-49(55)40-19-7-1-8-20-40)46-31-47(59(65)68-56-38-62-53(44-27-15-5-16-28-44)35-50(56)41-21-9-2-10-22-41)33-48(32-46)60(66)69-57-39-63-54(45-29-17-6-18-30-45)36-51(57)42-23-11-3-12-24-42/h1-39,52,61H. The van der Waals surface area contributed by atoms with Gasteiger partial charge in [-0.3, -0.25) is 9.97 Å². The second-order valence-electron chi connectivity index (χ2n) is 16.1. The zero-order valence-electron chi connectivity index (χ0n) is 36.9. The van der Waals surface area contributed by atoms with Crippen molar-refractivity contribution in [3.8, 4) is 56.3 Å². The van der Waals surface area contributed by atoms with Crippen molar-refractivity contribution in [2.45, 2.75) is 6.04 Å². The van der Waals surface area contributed by atoms with Crippen LogP contribution in [-0.4, -0.2) is 27.9 Å². The summed E-state index contributed by atoms with van der Waals surface area (Å²) in [4.78, 5) is 52.7. The van der Waals surface area contributed by atoms with Gasteiger partial charge < -0.3 is 19.5 Å². The van der Waals surface area contributed by atoms with Crippen LogP contribution in [0.2, 0.25) is 0 Å². The molecule has 69 heavy (non-hydrogen) atoms. The summed E-state index contributed by atoms with van der Waals surface area (Å²) in [6.07, 6.45) is 6.64. The molecule has 1 unspecified atom stereocenters. The molecule has 9 aromatic rings. The van der Waals surface area contributed by atoms with E-state index in [0.717, 1.165) is 33.4 Å². The summed E-state index contributed by atoms with van der Waals surface area (Å²) in [5.74, 6) is -1.95. The first-order valence-electron chi connectivity index (χ1n) is 22.3. The third-order valence-electron chi connectivity index (χ3n) is 11.5. The molecule has 0 saturated heterocycles. The summed E-state index contributed by atoms with van der Waals surface area (Å²) in [5, 5.41) is 3.35. The lowest BCUT2D eigenvalue weighted by Crippen LogP contribution is -2.21. The van der Waals surface area contributed by atoms with E-state index >= 15 is 0 Å². The third kappa shape index (κ3) is 9.89. The Hall–Kier alpha value is -9.47. The molecule has 0 saturated carbocycles. The van der Waals surface area contributed by atoms with Crippen LogP contribution in [0.3, 0.4) is 0 Å². The Kier molecular flexibility index (Phi) is 12.6. The number of esters is 3. The van der Waals surface area contributed by atoms with Crippen LogP contribution in [0, 0.1) is 0 Å². The predicted octanol–water partition coefficient (Wildman–Crippen LogP) is 13.0. The summed E-state index contributed by atoms with van der Waals surface area (Å²) in [6.45, 7) is 0. The third-order valence-corrected chi connectivity index (χ3v) is 11.5. The normalized spacial score (nSPS) is 13.0. The van der Waals surface area contributed by atoms with Gasteiger partial charge in [0.2, 0.25) is 0 Å². The van der Waals surface area contributed by atoms with Gasteiger partial charge in [0.15, 0.2) is 17.3 Å². The van der Waals surface area contributed by atoms with Gasteiger partial charge in [0.05, 0.1) is 46.5 Å². The van der Waals surface area contributed by atoms with Crippen molar-refractivity contribution in [3.05, 3.63) is 271 Å². The lowest BCUT2D eigenvalue weighted by atomic mass is 9.96. The van der Waals surface area contributed by atoms with Gasteiger partial charge in [0, 0.05) is 34.0 Å². The maximum absolute atomic E-state index is 14.5. The molecular formula is C60H41N3O6. The van der Waals surface area contributed by atoms with Crippen molar-refractivity contribution in [2.24, 2.45) is 0 Å². The van der Waals surface area contributed by atoms with E-state index in [2.05, 4.69) is 15.3 Å². The highest BCUT2D eigenvalue weighted by Gasteiger charge is 2.26. The Morgan fingerprint density at radius 1 is 0.406 bits per heavy atom. The van der Waals surface area contributed by atoms with E-state index in [1.54, 1.807) is 6.20 Å². The SMILES string of the molecule is O=C(OC1=CNC(c2ccccc2)C=C1c1ccccc1)c1cc(C(=O)Oc2cnc(-c3ccccc3)cc2-c2ccccc2)cc(C(=O)Oc2cnc(-c3ccccc3)cc2-c2ccccc2)c1. The lowest BCUT2D eigenvalue weighted by molar-refractivity contribution is 0.0637. The minimum Gasteiger partial charge on any atom is -0.421 e. The van der Waals surface area contributed by atoms with Crippen LogP contribution in [0.4, 0.5) is 0 Å². The molecule has 3 heterocycles. The lowest BCUT2D eigenvalue weighted by Gasteiger charge is -2.24. The first kappa shape index (κ1) is 43.4. The van der Waals surface area contributed by atoms with Crippen molar-refractivity contribution in [2.75, 3.05) is 0 Å². The van der Waals surface area contributed by atoms with Crippen LogP contribution >= 0.6 is 0 Å². The fraction of sp³-hybridized carbons (Fsp3) is 0.0167. The average molecular weight is 900 g/mol. The van der Waals surface area contributed by atoms with Crippen LogP contribution in [0.15, 0.2) is 243 Å². The van der Waals surface area contributed by atoms with E-state index in [4.69, 9.17) is 14.2 Å². The number of carbonyl (C=O) groups excluding carboxylic acids is 3. The van der Waals surface area contributed by atoms with Gasteiger partial charge in [-0.05, 0) is 58.7 Å². The second kappa shape index (κ2) is 20.0. The van der Waals surface area contributed by atoms with Gasteiger partial charge in [0.1, 0.15) is 0 Å². The van der Waals surface area contributed by atoms with Gasteiger partial charge in [-0.2, -0.15) is 0 Å². The Bertz CT molecular complexity index is 3210. The quantitative estimate of drug-likeness (QED) is 0.120. The van der Waals surface area contributed by atoms with Crippen LogP contribution in [0.1, 0.15) is 48.2 Å². The van der Waals surface area contributed by atoms with Crippen molar-refractivity contribution < 1.29 is 28.6 Å². The zero-order valence-corrected chi connectivity index (χ0v) is 36.9. The highest BCUT2D eigenvalue weighted by atomic mass is 16.5. The monoisotopic (exact) mass is 899 g/mol. The van der Waals surface area contributed by atoms with E-state index in [1.807, 2.05) is 200 Å². The average Bonchev–Trinajstić information content (AvgIpc) is 3.42. The molecule has 2 aromatic heterocycles. The maximum Gasteiger partial charge on any atom is 0.343 e. The molecule has 1 atom stereocenters. The molecule has 0 radical (unpaired) electrons. The van der Waals surface area contributed by atoms with E-state index in [-0.39, 0.29) is 40.0 Å². The van der Waals surface area contributed by atoms with Gasteiger partial charge in [-0.1, -0.05) is 182 Å². The zero-order chi connectivity index (χ0) is 46.9. The number of nitrogens with one attached hydrogen (secondary N) is 1. The van der Waals surface area contributed by atoms with E-state index in [9.17, 15) is 14.4 Å². The van der Waals surface area contributed by atoms with Crippen LogP contribution < -0.4 is 14.8 Å². The molecule has 9 nitrogen and oxygen atoms in total. The topological polar surface area (TPSA) is 117 Å². The summed E-state index contributed by atoms with van der Waals surface area (Å²) in [6, 6.07) is 65.4. The number of carbonyl (C=O) groups is 3. The number of benzene rings is 7. The Morgan fingerprint density at radius 2 is 0.768 bits per heavy atom. The van der Waals surface area contributed by atoms with Crippen LogP contribution in [0.25, 0.3) is 50.3 Å². The number of ether oxygens (including phenoxy) is 3. The predicted molar refractivity (Wildman–Crippen MR) is 267 cm³/mol. The molecule has 0 spiro atoms. The number of dihydropyridines is 1. The van der Waals surface area contributed by atoms with Crippen molar-refractivity contribution >= 4 is 23.5 Å². The summed E-state index contributed by atoms with van der Waals surface area (Å²) >= 11 is 0. The number of nitrogens with zero attached hydrogens (tertiary/aromatic N) is 2. The molecule has 1 aliphatic rings. The summed E-state index contributed by atoms with van der Waals surface area (Å²) in [5.41, 5.74) is 8.10. The van der Waals surface area contributed by atoms with Crippen molar-refractivity contribution in [3.63, 3.8) is 0 Å². The van der Waals surface area contributed by atoms with Gasteiger partial charge in [-0.25, -0.2) is 14.4 Å². The molecule has 332 valence electrons. The smallest absolute Gasteiger partial charge is 0.343 e. The van der Waals surface area contributed by atoms with Crippen LogP contribution in [-0.2, 0) is 4.74 Å². The van der Waals surface area contributed by atoms with Gasteiger partial charge >= 0.3 is 17.9 Å². The largest absolute Gasteiger partial charge is 0.421 e.